The lowest BCUT2D eigenvalue weighted by Gasteiger charge is -2.39. The second-order valence-corrected chi connectivity index (χ2v) is 8.25. The van der Waals surface area contributed by atoms with Crippen molar-refractivity contribution in [3.05, 3.63) is 93.7 Å². The van der Waals surface area contributed by atoms with Crippen LogP contribution in [0.4, 0.5) is 0 Å². The molecule has 4 rings (SSSR count). The fourth-order valence-corrected chi connectivity index (χ4v) is 4.48. The van der Waals surface area contributed by atoms with Crippen molar-refractivity contribution in [1.29, 1.82) is 0 Å². The average molecular weight is 435 g/mol. The summed E-state index contributed by atoms with van der Waals surface area (Å²) in [5.41, 5.74) is 2.91. The predicted octanol–water partition coefficient (Wildman–Crippen LogP) is 2.00. The molecule has 168 valence electrons. The molecule has 0 radical (unpaired) electrons. The van der Waals surface area contributed by atoms with Crippen LogP contribution in [0.25, 0.3) is 0 Å². The van der Waals surface area contributed by atoms with E-state index in [1.165, 1.54) is 0 Å². The van der Waals surface area contributed by atoms with Gasteiger partial charge in [-0.2, -0.15) is 0 Å². The summed E-state index contributed by atoms with van der Waals surface area (Å²) in [6.07, 6.45) is 3.44. The highest BCUT2D eigenvalue weighted by Gasteiger charge is 2.31. The second kappa shape index (κ2) is 10.1. The highest BCUT2D eigenvalue weighted by molar-refractivity contribution is 5.41. The minimum atomic E-state index is -0.371. The standard InChI is InChI=1S/C25H30N4O3/c1-19-17-22(31)23(25(32)29(19)18-20-5-3-2-4-6-20)24(21-7-9-26-10-8-21)28-13-11-27(12-14-28)15-16-30/h2-10,17,24,30-31H,11-16,18H2,1H3/t24-/m1/s1. The van der Waals surface area contributed by atoms with Crippen LogP contribution in [0.3, 0.4) is 0 Å². The molecule has 0 bridgehead atoms. The molecule has 1 saturated heterocycles. The zero-order valence-electron chi connectivity index (χ0n) is 18.4. The molecule has 1 atom stereocenters. The Hall–Kier alpha value is -3.00. The highest BCUT2D eigenvalue weighted by atomic mass is 16.3. The number of benzene rings is 1. The zero-order chi connectivity index (χ0) is 22.5. The van der Waals surface area contributed by atoms with Gasteiger partial charge >= 0.3 is 0 Å². The Labute approximate surface area is 188 Å². The Morgan fingerprint density at radius 2 is 1.72 bits per heavy atom. The quantitative estimate of drug-likeness (QED) is 0.592. The van der Waals surface area contributed by atoms with Gasteiger partial charge in [-0.25, -0.2) is 0 Å². The monoisotopic (exact) mass is 434 g/mol. The first-order valence-corrected chi connectivity index (χ1v) is 11.0. The first-order valence-electron chi connectivity index (χ1n) is 11.0. The first kappa shape index (κ1) is 22.2. The summed E-state index contributed by atoms with van der Waals surface area (Å²) in [4.78, 5) is 22.3. The van der Waals surface area contributed by atoms with Crippen LogP contribution in [0.15, 0.2) is 65.7 Å². The van der Waals surface area contributed by atoms with Crippen LogP contribution in [0.5, 0.6) is 5.75 Å². The summed E-state index contributed by atoms with van der Waals surface area (Å²) in [5, 5.41) is 20.2. The number of hydrogen-bond donors (Lipinski definition) is 2. The molecule has 3 heterocycles. The molecule has 1 aromatic carbocycles. The lowest BCUT2D eigenvalue weighted by Crippen LogP contribution is -2.49. The molecule has 7 nitrogen and oxygen atoms in total. The van der Waals surface area contributed by atoms with Crippen molar-refractivity contribution >= 4 is 0 Å². The van der Waals surface area contributed by atoms with E-state index in [0.29, 0.717) is 18.7 Å². The molecule has 2 N–H and O–H groups in total. The van der Waals surface area contributed by atoms with Gasteiger partial charge in [-0.3, -0.25) is 19.6 Å². The first-order chi connectivity index (χ1) is 15.6. The average Bonchev–Trinajstić information content (AvgIpc) is 2.81. The van der Waals surface area contributed by atoms with E-state index in [2.05, 4.69) is 14.8 Å². The number of aromatic hydroxyl groups is 1. The Balaban J connectivity index is 1.76. The van der Waals surface area contributed by atoms with E-state index in [4.69, 9.17) is 0 Å². The molecule has 7 heteroatoms. The predicted molar refractivity (Wildman–Crippen MR) is 124 cm³/mol. The smallest absolute Gasteiger partial charge is 0.259 e. The number of rotatable bonds is 7. The Morgan fingerprint density at radius 1 is 1.03 bits per heavy atom. The molecule has 0 unspecified atom stereocenters. The summed E-state index contributed by atoms with van der Waals surface area (Å²) in [6, 6.07) is 15.0. The van der Waals surface area contributed by atoms with E-state index in [0.717, 1.165) is 43.0 Å². The van der Waals surface area contributed by atoms with Crippen LogP contribution in [0, 0.1) is 6.92 Å². The molecule has 0 amide bonds. The molecular formula is C25H30N4O3. The van der Waals surface area contributed by atoms with Gasteiger partial charge in [0.15, 0.2) is 0 Å². The van der Waals surface area contributed by atoms with Gasteiger partial charge in [0.2, 0.25) is 0 Å². The van der Waals surface area contributed by atoms with E-state index < -0.39 is 0 Å². The molecule has 0 aliphatic carbocycles. The van der Waals surface area contributed by atoms with Gasteiger partial charge in [-0.15, -0.1) is 0 Å². The van der Waals surface area contributed by atoms with E-state index in [-0.39, 0.29) is 24.0 Å². The maximum atomic E-state index is 13.8. The van der Waals surface area contributed by atoms with Crippen LogP contribution >= 0.6 is 0 Å². The Kier molecular flexibility index (Phi) is 6.99. The van der Waals surface area contributed by atoms with Crippen LogP contribution in [-0.2, 0) is 6.54 Å². The highest BCUT2D eigenvalue weighted by Crippen LogP contribution is 2.33. The van der Waals surface area contributed by atoms with Gasteiger partial charge in [0, 0.05) is 50.8 Å². The molecule has 1 aliphatic heterocycles. The van der Waals surface area contributed by atoms with Crippen molar-refractivity contribution in [2.75, 3.05) is 39.3 Å². The summed E-state index contributed by atoms with van der Waals surface area (Å²) in [5.74, 6) is 0.0245. The van der Waals surface area contributed by atoms with Crippen LogP contribution < -0.4 is 5.56 Å². The Morgan fingerprint density at radius 3 is 2.38 bits per heavy atom. The molecule has 1 aliphatic rings. The van der Waals surface area contributed by atoms with Gasteiger partial charge in [-0.1, -0.05) is 30.3 Å². The maximum absolute atomic E-state index is 13.8. The van der Waals surface area contributed by atoms with Crippen molar-refractivity contribution in [1.82, 2.24) is 19.4 Å². The van der Waals surface area contributed by atoms with Crippen molar-refractivity contribution in [3.63, 3.8) is 0 Å². The lowest BCUT2D eigenvalue weighted by atomic mass is 9.96. The van der Waals surface area contributed by atoms with Crippen LogP contribution in [-0.4, -0.2) is 68.9 Å². The molecule has 2 aromatic heterocycles. The fraction of sp³-hybridized carbons (Fsp3) is 0.360. The van der Waals surface area contributed by atoms with Crippen LogP contribution in [0.1, 0.15) is 28.4 Å². The van der Waals surface area contributed by atoms with E-state index >= 15 is 0 Å². The van der Waals surface area contributed by atoms with E-state index in [1.807, 2.05) is 49.4 Å². The normalized spacial score (nSPS) is 16.2. The third kappa shape index (κ3) is 4.75. The van der Waals surface area contributed by atoms with Crippen molar-refractivity contribution in [2.45, 2.75) is 19.5 Å². The molecule has 1 fully saturated rings. The maximum Gasteiger partial charge on any atom is 0.259 e. The zero-order valence-corrected chi connectivity index (χ0v) is 18.4. The summed E-state index contributed by atoms with van der Waals surface area (Å²) >= 11 is 0. The number of β-amino-alcohol motifs (C(OH)–C–C–N with tert-alkyl or cyclic N) is 1. The van der Waals surface area contributed by atoms with Gasteiger partial charge in [0.05, 0.1) is 24.8 Å². The minimum Gasteiger partial charge on any atom is -0.507 e. The molecular weight excluding hydrogens is 404 g/mol. The van der Waals surface area contributed by atoms with Crippen molar-refractivity contribution in [3.8, 4) is 5.75 Å². The van der Waals surface area contributed by atoms with Gasteiger partial charge in [0.1, 0.15) is 5.75 Å². The number of aliphatic hydroxyl groups excluding tert-OH is 1. The SMILES string of the molecule is Cc1cc(O)c([C@@H](c2ccncc2)N2CCN(CCO)CC2)c(=O)n1Cc1ccccc1. The van der Waals surface area contributed by atoms with Crippen molar-refractivity contribution in [2.24, 2.45) is 0 Å². The molecule has 0 saturated carbocycles. The third-order valence-corrected chi connectivity index (χ3v) is 6.19. The summed E-state index contributed by atoms with van der Waals surface area (Å²) < 4.78 is 1.74. The lowest BCUT2D eigenvalue weighted by molar-refractivity contribution is 0.0932. The topological polar surface area (TPSA) is 81.8 Å². The fourth-order valence-electron chi connectivity index (χ4n) is 4.48. The number of piperazine rings is 1. The minimum absolute atomic E-state index is 0.0245. The number of aromatic nitrogens is 2. The number of aryl methyl sites for hydroxylation is 1. The molecule has 3 aromatic rings. The third-order valence-electron chi connectivity index (χ3n) is 6.19. The second-order valence-electron chi connectivity index (χ2n) is 8.25. The number of aliphatic hydroxyl groups is 1. The summed E-state index contributed by atoms with van der Waals surface area (Å²) in [6.45, 7) is 6.15. The van der Waals surface area contributed by atoms with Gasteiger partial charge in [-0.05, 0) is 36.2 Å². The molecule has 32 heavy (non-hydrogen) atoms. The van der Waals surface area contributed by atoms with Gasteiger partial charge in [0.25, 0.3) is 5.56 Å². The Bertz CT molecular complexity index is 1080. The number of pyridine rings is 2. The van der Waals surface area contributed by atoms with Crippen LogP contribution in [0.2, 0.25) is 0 Å². The van der Waals surface area contributed by atoms with E-state index in [9.17, 15) is 15.0 Å². The van der Waals surface area contributed by atoms with Crippen molar-refractivity contribution < 1.29 is 10.2 Å². The van der Waals surface area contributed by atoms with E-state index in [1.54, 1.807) is 23.0 Å². The largest absolute Gasteiger partial charge is 0.507 e. The molecule has 0 spiro atoms. The number of nitrogens with zero attached hydrogens (tertiary/aromatic N) is 4. The summed E-state index contributed by atoms with van der Waals surface area (Å²) in [7, 11) is 0. The number of hydrogen-bond acceptors (Lipinski definition) is 6. The van der Waals surface area contributed by atoms with Gasteiger partial charge < -0.3 is 14.8 Å².